The highest BCUT2D eigenvalue weighted by molar-refractivity contribution is 5.91. The molecular weight excluding hydrogens is 428 g/mol. The van der Waals surface area contributed by atoms with Gasteiger partial charge in [-0.3, -0.25) is 9.79 Å². The van der Waals surface area contributed by atoms with E-state index in [1.54, 1.807) is 13.0 Å². The molecule has 2 N–H and O–H groups in total. The second kappa shape index (κ2) is 9.12. The lowest BCUT2D eigenvalue weighted by molar-refractivity contribution is -0.232. The second-order valence-corrected chi connectivity index (χ2v) is 7.44. The van der Waals surface area contributed by atoms with Crippen molar-refractivity contribution in [1.29, 1.82) is 0 Å². The summed E-state index contributed by atoms with van der Waals surface area (Å²) in [5, 5.41) is 11.1. The summed E-state index contributed by atoms with van der Waals surface area (Å²) in [5.41, 5.74) is -2.68. The number of hydrogen-bond acceptors (Lipinski definition) is 4. The van der Waals surface area contributed by atoms with Gasteiger partial charge in [-0.15, -0.1) is 0 Å². The Kier molecular flexibility index (Phi) is 6.68. The summed E-state index contributed by atoms with van der Waals surface area (Å²) in [6.45, 7) is 1.67. The molecule has 1 aromatic heterocycles. The van der Waals surface area contributed by atoms with Crippen LogP contribution in [0.1, 0.15) is 31.2 Å². The Labute approximate surface area is 181 Å². The zero-order valence-electron chi connectivity index (χ0n) is 17.4. The summed E-state index contributed by atoms with van der Waals surface area (Å²) < 4.78 is 60.5. The molecule has 0 aliphatic carbocycles. The van der Waals surface area contributed by atoms with Crippen molar-refractivity contribution in [2.75, 3.05) is 7.11 Å². The molecule has 170 valence electrons. The fraction of sp³-hybridized carbons (Fsp3) is 0.304. The zero-order valence-corrected chi connectivity index (χ0v) is 17.4. The van der Waals surface area contributed by atoms with Gasteiger partial charge in [-0.25, -0.2) is 4.39 Å². The number of hydrogen-bond donors (Lipinski definition) is 2. The molecule has 32 heavy (non-hydrogen) atoms. The third kappa shape index (κ3) is 4.83. The fourth-order valence-electron chi connectivity index (χ4n) is 3.57. The fourth-order valence-corrected chi connectivity index (χ4v) is 3.57. The first kappa shape index (κ1) is 23.5. The number of halogens is 4. The average Bonchev–Trinajstić information content (AvgIpc) is 2.75. The van der Waals surface area contributed by atoms with Gasteiger partial charge in [0.15, 0.2) is 5.60 Å². The number of benzene rings is 2. The van der Waals surface area contributed by atoms with E-state index in [2.05, 4.69) is 9.98 Å². The molecule has 0 fully saturated rings. The normalized spacial score (nSPS) is 15.1. The number of H-pyrrole nitrogens is 1. The summed E-state index contributed by atoms with van der Waals surface area (Å²) in [5.74, 6) is -1.26. The van der Waals surface area contributed by atoms with Crippen molar-refractivity contribution >= 4 is 22.8 Å². The van der Waals surface area contributed by atoms with Gasteiger partial charge in [0.1, 0.15) is 11.6 Å². The average molecular weight is 450 g/mol. The van der Waals surface area contributed by atoms with E-state index < -0.39 is 29.9 Å². The summed E-state index contributed by atoms with van der Waals surface area (Å²) in [6, 6.07) is 10.9. The molecule has 3 rings (SSSR count). The van der Waals surface area contributed by atoms with Crippen molar-refractivity contribution in [1.82, 2.24) is 4.98 Å². The number of aliphatic imine (C=N–C) groups is 1. The Morgan fingerprint density at radius 3 is 2.59 bits per heavy atom. The van der Waals surface area contributed by atoms with Crippen LogP contribution in [0.3, 0.4) is 0 Å². The van der Waals surface area contributed by atoms with Crippen LogP contribution >= 0.6 is 0 Å². The molecule has 0 radical (unpaired) electrons. The van der Waals surface area contributed by atoms with Crippen molar-refractivity contribution < 1.29 is 27.4 Å². The molecular formula is C23H22F4N2O3. The minimum Gasteiger partial charge on any atom is -0.496 e. The molecule has 1 heterocycles. The maximum absolute atomic E-state index is 14.0. The van der Waals surface area contributed by atoms with E-state index >= 15 is 0 Å². The van der Waals surface area contributed by atoms with Crippen LogP contribution < -0.4 is 10.3 Å². The molecule has 0 spiro atoms. The minimum atomic E-state index is -5.02. The number of rotatable bonds is 7. The monoisotopic (exact) mass is 450 g/mol. The van der Waals surface area contributed by atoms with Gasteiger partial charge in [-0.1, -0.05) is 19.1 Å². The van der Waals surface area contributed by atoms with Crippen molar-refractivity contribution in [3.63, 3.8) is 0 Å². The molecule has 2 aromatic carbocycles. The van der Waals surface area contributed by atoms with Crippen LogP contribution in [0.5, 0.6) is 5.75 Å². The maximum atomic E-state index is 14.0. The van der Waals surface area contributed by atoms with Gasteiger partial charge in [0.25, 0.3) is 0 Å². The summed E-state index contributed by atoms with van der Waals surface area (Å²) in [6.07, 6.45) is -5.04. The first-order chi connectivity index (χ1) is 15.1. The Morgan fingerprint density at radius 1 is 1.19 bits per heavy atom. The lowest BCUT2D eigenvalue weighted by Crippen LogP contribution is -2.47. The quantitative estimate of drug-likeness (QED) is 0.381. The largest absolute Gasteiger partial charge is 0.496 e. The molecule has 0 aliphatic heterocycles. The first-order valence-corrected chi connectivity index (χ1v) is 9.88. The summed E-state index contributed by atoms with van der Waals surface area (Å²) >= 11 is 0. The van der Waals surface area contributed by atoms with Gasteiger partial charge >= 0.3 is 6.18 Å². The van der Waals surface area contributed by atoms with Gasteiger partial charge < -0.3 is 14.8 Å². The van der Waals surface area contributed by atoms with E-state index in [0.717, 1.165) is 12.1 Å². The number of methoxy groups -OCH3 is 1. The van der Waals surface area contributed by atoms with Gasteiger partial charge in [-0.2, -0.15) is 13.2 Å². The van der Waals surface area contributed by atoms with E-state index in [0.29, 0.717) is 22.7 Å². The predicted octanol–water partition coefficient (Wildman–Crippen LogP) is 5.26. The summed E-state index contributed by atoms with van der Waals surface area (Å²) in [7, 11) is 1.30. The number of alkyl halides is 3. The Hall–Kier alpha value is -3.20. The van der Waals surface area contributed by atoms with Crippen LogP contribution in [0.25, 0.3) is 10.9 Å². The number of fused-ring (bicyclic) bond motifs is 1. The van der Waals surface area contributed by atoms with Crippen LogP contribution in [0.15, 0.2) is 58.3 Å². The highest BCUT2D eigenvalue weighted by Crippen LogP contribution is 2.41. The van der Waals surface area contributed by atoms with Gasteiger partial charge in [-0.05, 0) is 48.6 Å². The number of nitrogens with one attached hydrogen (secondary N) is 1. The molecule has 0 saturated carbocycles. The van der Waals surface area contributed by atoms with Crippen LogP contribution in [0.4, 0.5) is 23.2 Å². The van der Waals surface area contributed by atoms with Gasteiger partial charge in [0, 0.05) is 23.7 Å². The van der Waals surface area contributed by atoms with E-state index in [1.807, 2.05) is 0 Å². The molecule has 9 heteroatoms. The van der Waals surface area contributed by atoms with Gasteiger partial charge in [0.2, 0.25) is 5.56 Å². The SMILES string of the molecule is CCC(CC(O)(C=Nc1cccc2[nH]c(=O)ccc12)C(F)(F)F)c1ccc(F)cc1OC. The number of ether oxygens (including phenoxy) is 1. The van der Waals surface area contributed by atoms with Crippen LogP contribution in [-0.4, -0.2) is 35.2 Å². The number of nitrogens with zero attached hydrogens (tertiary/aromatic N) is 1. The Morgan fingerprint density at radius 2 is 1.94 bits per heavy atom. The zero-order chi connectivity index (χ0) is 23.5. The first-order valence-electron chi connectivity index (χ1n) is 9.88. The predicted molar refractivity (Wildman–Crippen MR) is 114 cm³/mol. The van der Waals surface area contributed by atoms with Crippen LogP contribution in [-0.2, 0) is 0 Å². The second-order valence-electron chi connectivity index (χ2n) is 7.44. The maximum Gasteiger partial charge on any atom is 0.422 e. The van der Waals surface area contributed by atoms with E-state index in [9.17, 15) is 27.5 Å². The van der Waals surface area contributed by atoms with Crippen molar-refractivity contribution in [3.05, 3.63) is 70.3 Å². The molecule has 0 amide bonds. The Balaban J connectivity index is 2.01. The van der Waals surface area contributed by atoms with E-state index in [4.69, 9.17) is 4.74 Å². The molecule has 2 unspecified atom stereocenters. The molecule has 0 saturated heterocycles. The number of aromatic amines is 1. The number of aromatic nitrogens is 1. The highest BCUT2D eigenvalue weighted by atomic mass is 19.4. The van der Waals surface area contributed by atoms with Crippen molar-refractivity contribution in [2.45, 2.75) is 37.5 Å². The number of aliphatic hydroxyl groups is 1. The standard InChI is InChI=1S/C23H22F4N2O3/c1-3-14(16-8-7-15(24)11-20(16)32-2)12-22(31,23(25,26)27)13-28-18-5-4-6-19-17(18)9-10-21(30)29-19/h4-11,13-14,31H,3,12H2,1-2H3,(H,29,30). The highest BCUT2D eigenvalue weighted by Gasteiger charge is 2.53. The molecule has 3 aromatic rings. The van der Waals surface area contributed by atoms with Crippen molar-refractivity contribution in [2.24, 2.45) is 4.99 Å². The smallest absolute Gasteiger partial charge is 0.422 e. The number of pyridine rings is 1. The molecule has 0 bridgehead atoms. The summed E-state index contributed by atoms with van der Waals surface area (Å²) in [4.78, 5) is 18.0. The molecule has 2 atom stereocenters. The third-order valence-corrected chi connectivity index (χ3v) is 5.34. The lowest BCUT2D eigenvalue weighted by Gasteiger charge is -2.31. The molecule has 5 nitrogen and oxygen atoms in total. The molecule has 0 aliphatic rings. The van der Waals surface area contributed by atoms with Gasteiger partial charge in [0.05, 0.1) is 18.3 Å². The van der Waals surface area contributed by atoms with Crippen LogP contribution in [0.2, 0.25) is 0 Å². The topological polar surface area (TPSA) is 74.7 Å². The minimum absolute atomic E-state index is 0.108. The lowest BCUT2D eigenvalue weighted by atomic mass is 9.84. The van der Waals surface area contributed by atoms with E-state index in [1.165, 1.54) is 37.4 Å². The van der Waals surface area contributed by atoms with Crippen molar-refractivity contribution in [3.8, 4) is 5.75 Å². The van der Waals surface area contributed by atoms with Crippen LogP contribution in [0, 0.1) is 5.82 Å². The Bertz CT molecular complexity index is 1190. The van der Waals surface area contributed by atoms with E-state index in [-0.39, 0.29) is 23.4 Å². The third-order valence-electron chi connectivity index (χ3n) is 5.34.